The van der Waals surface area contributed by atoms with Gasteiger partial charge in [0.15, 0.2) is 0 Å². The molecular weight excluding hydrogens is 309 g/mol. The topological polar surface area (TPSA) is 98.9 Å². The fraction of sp³-hybridized carbons (Fsp3) is 0.529. The Morgan fingerprint density at radius 3 is 2.08 bits per heavy atom. The van der Waals surface area contributed by atoms with E-state index in [1.165, 1.54) is 0 Å². The number of rotatable bonds is 4. The van der Waals surface area contributed by atoms with Gasteiger partial charge in [-0.1, -0.05) is 6.07 Å². The molecule has 0 atom stereocenters. The number of carboxylic acids is 1. The van der Waals surface area contributed by atoms with Crippen LogP contribution in [0.4, 0.5) is 0 Å². The largest absolute Gasteiger partial charge is 0.495 e. The molecule has 24 heavy (non-hydrogen) atoms. The number of carbonyl (C=O) groups excluding carboxylic acids is 1. The lowest BCUT2D eigenvalue weighted by molar-refractivity contribution is -0.140. The first-order valence-electron chi connectivity index (χ1n) is 8.03. The van der Waals surface area contributed by atoms with E-state index in [4.69, 9.17) is 15.0 Å². The number of aliphatic carboxylic acids is 1. The highest BCUT2D eigenvalue weighted by Gasteiger charge is 2.57. The number of primary amides is 1. The van der Waals surface area contributed by atoms with E-state index in [1.807, 2.05) is 27.7 Å². The summed E-state index contributed by atoms with van der Waals surface area (Å²) in [6, 6.07) is 4.83. The number of hydrogen-bond donors (Lipinski definition) is 2. The summed E-state index contributed by atoms with van der Waals surface area (Å²) < 4.78 is 12.1. The minimum Gasteiger partial charge on any atom is -0.481 e. The summed E-state index contributed by atoms with van der Waals surface area (Å²) in [5.41, 5.74) is 4.87. The smallest absolute Gasteiger partial charge is 0.481 e. The van der Waals surface area contributed by atoms with Crippen LogP contribution in [0.5, 0.6) is 0 Å². The first-order chi connectivity index (χ1) is 11.0. The minimum atomic E-state index is -0.922. The average Bonchev–Trinajstić information content (AvgIpc) is 3.23. The predicted molar refractivity (Wildman–Crippen MR) is 89.2 cm³/mol. The van der Waals surface area contributed by atoms with Gasteiger partial charge in [-0.25, -0.2) is 0 Å². The maximum Gasteiger partial charge on any atom is 0.495 e. The zero-order chi connectivity index (χ0) is 17.9. The first-order valence-corrected chi connectivity index (χ1v) is 8.03. The van der Waals surface area contributed by atoms with Crippen molar-refractivity contribution in [3.63, 3.8) is 0 Å². The molecule has 1 aliphatic heterocycles. The van der Waals surface area contributed by atoms with E-state index in [-0.39, 0.29) is 0 Å². The Morgan fingerprint density at radius 1 is 1.12 bits per heavy atom. The highest BCUT2D eigenvalue weighted by Crippen LogP contribution is 2.48. The number of amides is 1. The van der Waals surface area contributed by atoms with Crippen molar-refractivity contribution < 1.29 is 24.0 Å². The molecule has 6 nitrogen and oxygen atoms in total. The van der Waals surface area contributed by atoms with Crippen LogP contribution in [0.2, 0.25) is 0 Å². The summed E-state index contributed by atoms with van der Waals surface area (Å²) in [4.78, 5) is 23.3. The fourth-order valence-electron chi connectivity index (χ4n) is 3.04. The average molecular weight is 331 g/mol. The van der Waals surface area contributed by atoms with Gasteiger partial charge in [-0.15, -0.1) is 0 Å². The monoisotopic (exact) mass is 331 g/mol. The van der Waals surface area contributed by atoms with Crippen LogP contribution in [-0.4, -0.2) is 35.3 Å². The Bertz CT molecular complexity index is 708. The lowest BCUT2D eigenvalue weighted by Gasteiger charge is -2.32. The Morgan fingerprint density at radius 2 is 1.67 bits per heavy atom. The summed E-state index contributed by atoms with van der Waals surface area (Å²) in [7, 11) is -0.735. The van der Waals surface area contributed by atoms with Crippen LogP contribution in [0.15, 0.2) is 18.2 Å². The third-order valence-electron chi connectivity index (χ3n) is 5.52. The molecule has 0 aromatic heterocycles. The van der Waals surface area contributed by atoms with Crippen molar-refractivity contribution in [2.75, 3.05) is 0 Å². The number of nitrogens with two attached hydrogens (primary N) is 1. The molecule has 2 aliphatic rings. The van der Waals surface area contributed by atoms with Crippen molar-refractivity contribution in [2.45, 2.75) is 57.2 Å². The highest BCUT2D eigenvalue weighted by molar-refractivity contribution is 6.63. The van der Waals surface area contributed by atoms with Gasteiger partial charge in [0.05, 0.1) is 16.6 Å². The molecule has 1 aliphatic carbocycles. The van der Waals surface area contributed by atoms with Crippen molar-refractivity contribution in [3.8, 4) is 0 Å². The number of benzene rings is 1. The zero-order valence-electron chi connectivity index (χ0n) is 14.4. The van der Waals surface area contributed by atoms with Gasteiger partial charge < -0.3 is 20.1 Å². The Balaban J connectivity index is 2.10. The number of carboxylic acid groups (broad SMARTS) is 1. The molecule has 1 amide bonds. The van der Waals surface area contributed by atoms with Crippen molar-refractivity contribution >= 4 is 24.5 Å². The molecule has 3 rings (SSSR count). The normalized spacial score (nSPS) is 23.1. The Labute approximate surface area is 141 Å². The number of carbonyl (C=O) groups is 2. The van der Waals surface area contributed by atoms with E-state index in [0.29, 0.717) is 29.4 Å². The highest BCUT2D eigenvalue weighted by atomic mass is 16.7. The second-order valence-electron chi connectivity index (χ2n) is 7.64. The molecular formula is C17H22BNO5. The van der Waals surface area contributed by atoms with Gasteiger partial charge in [-0.3, -0.25) is 9.59 Å². The number of hydrogen-bond acceptors (Lipinski definition) is 4. The van der Waals surface area contributed by atoms with Gasteiger partial charge in [0.25, 0.3) is 0 Å². The van der Waals surface area contributed by atoms with Crippen molar-refractivity contribution in [2.24, 2.45) is 5.73 Å². The van der Waals surface area contributed by atoms with Gasteiger partial charge in [0.1, 0.15) is 0 Å². The van der Waals surface area contributed by atoms with Crippen LogP contribution in [-0.2, 0) is 19.5 Å². The molecule has 7 heteroatoms. The third kappa shape index (κ3) is 2.43. The zero-order valence-corrected chi connectivity index (χ0v) is 14.4. The molecule has 0 unspecified atom stereocenters. The van der Waals surface area contributed by atoms with Gasteiger partial charge in [-0.05, 0) is 63.7 Å². The quantitative estimate of drug-likeness (QED) is 0.808. The lowest BCUT2D eigenvalue weighted by Crippen LogP contribution is -2.41. The molecule has 1 saturated heterocycles. The van der Waals surface area contributed by atoms with E-state index in [9.17, 15) is 14.7 Å². The standard InChI is InChI=1S/C17H22BNO5/c1-15(2)16(3,4)24-18(23-15)12-9-10(13(19)20)5-6-11(12)17(7-8-17)14(21)22/h5-6,9H,7-8H2,1-4H3,(H2,19,20)(H,21,22). The first kappa shape index (κ1) is 17.0. The molecule has 0 bridgehead atoms. The molecule has 1 heterocycles. The van der Waals surface area contributed by atoms with Crippen LogP contribution in [0, 0.1) is 0 Å². The summed E-state index contributed by atoms with van der Waals surface area (Å²) in [6.07, 6.45) is 1.12. The maximum absolute atomic E-state index is 11.8. The van der Waals surface area contributed by atoms with Crippen molar-refractivity contribution in [1.29, 1.82) is 0 Å². The fourth-order valence-corrected chi connectivity index (χ4v) is 3.04. The van der Waals surface area contributed by atoms with Crippen LogP contribution >= 0.6 is 0 Å². The molecule has 128 valence electrons. The van der Waals surface area contributed by atoms with Gasteiger partial charge >= 0.3 is 13.1 Å². The van der Waals surface area contributed by atoms with Gasteiger partial charge in [0.2, 0.25) is 5.91 Å². The van der Waals surface area contributed by atoms with Crippen molar-refractivity contribution in [3.05, 3.63) is 29.3 Å². The van der Waals surface area contributed by atoms with E-state index >= 15 is 0 Å². The predicted octanol–water partition coefficient (Wildman–Crippen LogP) is 1.20. The molecule has 1 saturated carbocycles. The van der Waals surface area contributed by atoms with Crippen LogP contribution in [0.1, 0.15) is 56.5 Å². The summed E-state index contributed by atoms with van der Waals surface area (Å²) in [6.45, 7) is 7.70. The second kappa shape index (κ2) is 5.07. The molecule has 0 radical (unpaired) electrons. The summed E-state index contributed by atoms with van der Waals surface area (Å²) >= 11 is 0. The molecule has 3 N–H and O–H groups in total. The van der Waals surface area contributed by atoms with E-state index in [0.717, 1.165) is 0 Å². The van der Waals surface area contributed by atoms with Crippen molar-refractivity contribution in [1.82, 2.24) is 0 Å². The second-order valence-corrected chi connectivity index (χ2v) is 7.64. The van der Waals surface area contributed by atoms with E-state index in [2.05, 4.69) is 0 Å². The molecule has 0 spiro atoms. The van der Waals surface area contributed by atoms with E-state index < -0.39 is 35.6 Å². The minimum absolute atomic E-state index is 0.310. The summed E-state index contributed by atoms with van der Waals surface area (Å²) in [5, 5.41) is 9.64. The molecule has 1 aromatic rings. The Hall–Kier alpha value is -1.86. The Kier molecular flexibility index (Phi) is 3.59. The third-order valence-corrected chi connectivity index (χ3v) is 5.52. The molecule has 2 fully saturated rings. The van der Waals surface area contributed by atoms with E-state index in [1.54, 1.807) is 18.2 Å². The maximum atomic E-state index is 11.8. The lowest BCUT2D eigenvalue weighted by atomic mass is 9.71. The van der Waals surface area contributed by atoms with Crippen LogP contribution in [0.25, 0.3) is 0 Å². The van der Waals surface area contributed by atoms with Crippen LogP contribution in [0.3, 0.4) is 0 Å². The SMILES string of the molecule is CC1(C)OB(c2cc(C(N)=O)ccc2C2(C(=O)O)CC2)OC1(C)C. The molecule has 1 aromatic carbocycles. The summed E-state index contributed by atoms with van der Waals surface area (Å²) in [5.74, 6) is -1.44. The van der Waals surface area contributed by atoms with Gasteiger partial charge in [-0.2, -0.15) is 0 Å². The van der Waals surface area contributed by atoms with Crippen LogP contribution < -0.4 is 11.2 Å². The van der Waals surface area contributed by atoms with Gasteiger partial charge in [0, 0.05) is 5.56 Å².